The summed E-state index contributed by atoms with van der Waals surface area (Å²) < 4.78 is 185. The van der Waals surface area contributed by atoms with Crippen LogP contribution in [0.15, 0.2) is 24.3 Å². The molecule has 36 heavy (non-hydrogen) atoms. The van der Waals surface area contributed by atoms with Crippen LogP contribution >= 0.6 is 0 Å². The quantitative estimate of drug-likeness (QED) is 0.173. The molecule has 0 fully saturated rings. The van der Waals surface area contributed by atoms with Gasteiger partial charge in [-0.15, -0.1) is 0 Å². The molecule has 0 aromatic heterocycles. The molecule has 0 radical (unpaired) electrons. The summed E-state index contributed by atoms with van der Waals surface area (Å²) in [5.74, 6) is -31.5. The molecular weight excluding hydrogens is 539 g/mol. The van der Waals surface area contributed by atoms with Crippen LogP contribution in [0.25, 0.3) is 6.08 Å². The Hall–Kier alpha value is -2.88. The molecular formula is C19H15F13O4. The smallest absolute Gasteiger partial charge is 0.473 e. The highest BCUT2D eigenvalue weighted by Gasteiger charge is 2.87. The Morgan fingerprint density at radius 2 is 1.28 bits per heavy atom. The maximum atomic E-state index is 13.7. The van der Waals surface area contributed by atoms with Crippen molar-refractivity contribution in [1.29, 1.82) is 0 Å². The summed E-state index contributed by atoms with van der Waals surface area (Å²) in [6.45, 7) is 0. The molecule has 0 aliphatic carbocycles. The highest BCUT2D eigenvalue weighted by molar-refractivity contribution is 5.87. The van der Waals surface area contributed by atoms with Crippen LogP contribution in [0.1, 0.15) is 18.4 Å². The number of halogens is 13. The van der Waals surface area contributed by atoms with E-state index in [0.717, 1.165) is 12.1 Å². The van der Waals surface area contributed by atoms with Crippen LogP contribution in [0.4, 0.5) is 57.1 Å². The van der Waals surface area contributed by atoms with Gasteiger partial charge >= 0.3 is 41.9 Å². The van der Waals surface area contributed by atoms with E-state index in [9.17, 15) is 61.9 Å². The first kappa shape index (κ1) is 31.2. The third-order valence-corrected chi connectivity index (χ3v) is 4.38. The van der Waals surface area contributed by atoms with E-state index in [-0.39, 0.29) is 23.1 Å². The Bertz CT molecular complexity index is 955. The van der Waals surface area contributed by atoms with Crippen LogP contribution < -0.4 is 9.47 Å². The highest BCUT2D eigenvalue weighted by atomic mass is 19.4. The molecule has 0 unspecified atom stereocenters. The summed E-state index contributed by atoms with van der Waals surface area (Å²) in [6, 6.07) is 3.51. The average Bonchev–Trinajstić information content (AvgIpc) is 2.74. The van der Waals surface area contributed by atoms with Gasteiger partial charge in [0.2, 0.25) is 0 Å². The number of carbonyl (C=O) groups is 1. The van der Waals surface area contributed by atoms with Crippen molar-refractivity contribution in [1.82, 2.24) is 0 Å². The van der Waals surface area contributed by atoms with Gasteiger partial charge < -0.3 is 14.2 Å². The molecule has 1 rings (SSSR count). The molecule has 0 atom stereocenters. The number of carbonyl (C=O) groups excluding carboxylic acids is 1. The largest absolute Gasteiger partial charge is 0.493 e. The molecule has 4 nitrogen and oxygen atoms in total. The van der Waals surface area contributed by atoms with E-state index in [2.05, 4.69) is 4.74 Å². The number of esters is 1. The third kappa shape index (κ3) is 6.27. The van der Waals surface area contributed by atoms with Crippen LogP contribution in [0, 0.1) is 0 Å². The standard InChI is InChI=1S/C19H15F13O4/c1-34-11-5-3-10(9-12(11)35-2)4-6-13(33)36-19(31,32)18(29,30)17(27,28)16(25,26)14(20,21)7-8-15(22,23)24/h3-6,9H,7-8H2,1-2H3. The normalized spacial score (nSPS) is 14.2. The lowest BCUT2D eigenvalue weighted by Gasteiger charge is -2.38. The minimum atomic E-state index is -7.69. The SMILES string of the molecule is COc1ccc(C=CC(=O)OC(F)(F)C(F)(F)C(F)(F)C(F)(F)C(F)(F)CCC(F)(F)F)cc1OC. The van der Waals surface area contributed by atoms with Crippen molar-refractivity contribution in [2.75, 3.05) is 14.2 Å². The van der Waals surface area contributed by atoms with E-state index < -0.39 is 54.8 Å². The fraction of sp³-hybridized carbons (Fsp3) is 0.526. The maximum Gasteiger partial charge on any atom is 0.473 e. The Balaban J connectivity index is 3.17. The predicted octanol–water partition coefficient (Wildman–Crippen LogP) is 6.74. The van der Waals surface area contributed by atoms with E-state index in [0.29, 0.717) is 6.08 Å². The van der Waals surface area contributed by atoms with Crippen LogP contribution in [0.3, 0.4) is 0 Å². The van der Waals surface area contributed by atoms with Crippen molar-refractivity contribution in [2.45, 2.75) is 48.8 Å². The van der Waals surface area contributed by atoms with Gasteiger partial charge in [0.1, 0.15) is 0 Å². The Labute approximate surface area is 193 Å². The summed E-state index contributed by atoms with van der Waals surface area (Å²) in [5, 5.41) is 0. The van der Waals surface area contributed by atoms with Gasteiger partial charge in [-0.25, -0.2) is 4.79 Å². The lowest BCUT2D eigenvalue weighted by atomic mass is 9.95. The van der Waals surface area contributed by atoms with Crippen molar-refractivity contribution < 1.29 is 76.1 Å². The molecule has 0 saturated carbocycles. The van der Waals surface area contributed by atoms with Crippen molar-refractivity contribution in [3.8, 4) is 11.5 Å². The number of hydrogen-bond donors (Lipinski definition) is 0. The zero-order chi connectivity index (χ0) is 28.4. The molecule has 0 bridgehead atoms. The van der Waals surface area contributed by atoms with Crippen LogP contribution in [-0.4, -0.2) is 56.2 Å². The monoisotopic (exact) mass is 554 g/mol. The fourth-order valence-corrected chi connectivity index (χ4v) is 2.41. The summed E-state index contributed by atoms with van der Waals surface area (Å²) in [5.41, 5.74) is -0.0548. The van der Waals surface area contributed by atoms with Gasteiger partial charge in [-0.1, -0.05) is 6.07 Å². The molecule has 1 aromatic rings. The number of rotatable bonds is 11. The van der Waals surface area contributed by atoms with Gasteiger partial charge in [-0.2, -0.15) is 57.1 Å². The molecule has 0 aliphatic rings. The molecule has 0 saturated heterocycles. The second kappa shape index (κ2) is 10.2. The summed E-state index contributed by atoms with van der Waals surface area (Å²) >= 11 is 0. The summed E-state index contributed by atoms with van der Waals surface area (Å²) in [7, 11) is 2.41. The van der Waals surface area contributed by atoms with Crippen LogP contribution in [0.2, 0.25) is 0 Å². The molecule has 206 valence electrons. The van der Waals surface area contributed by atoms with E-state index in [4.69, 9.17) is 9.47 Å². The van der Waals surface area contributed by atoms with Gasteiger partial charge in [0.15, 0.2) is 11.5 Å². The van der Waals surface area contributed by atoms with E-state index in [1.54, 1.807) is 0 Å². The van der Waals surface area contributed by atoms with Crippen molar-refractivity contribution in [2.24, 2.45) is 0 Å². The van der Waals surface area contributed by atoms with Gasteiger partial charge in [-0.05, 0) is 23.8 Å². The maximum absolute atomic E-state index is 13.7. The molecule has 0 spiro atoms. The van der Waals surface area contributed by atoms with Crippen molar-refractivity contribution >= 4 is 12.0 Å². The van der Waals surface area contributed by atoms with Crippen molar-refractivity contribution in [3.63, 3.8) is 0 Å². The summed E-state index contributed by atoms with van der Waals surface area (Å²) in [6.07, 6.45) is -17.8. The molecule has 0 heterocycles. The second-order valence-electron chi connectivity index (χ2n) is 6.93. The topological polar surface area (TPSA) is 44.8 Å². The van der Waals surface area contributed by atoms with Crippen LogP contribution in [0.5, 0.6) is 11.5 Å². The van der Waals surface area contributed by atoms with E-state index >= 15 is 0 Å². The van der Waals surface area contributed by atoms with Gasteiger partial charge in [0.25, 0.3) is 0 Å². The molecule has 0 N–H and O–H groups in total. The predicted molar refractivity (Wildman–Crippen MR) is 94.7 cm³/mol. The van der Waals surface area contributed by atoms with Crippen molar-refractivity contribution in [3.05, 3.63) is 29.8 Å². The van der Waals surface area contributed by atoms with E-state index in [1.807, 2.05) is 0 Å². The molecule has 0 amide bonds. The van der Waals surface area contributed by atoms with Gasteiger partial charge in [0, 0.05) is 18.9 Å². The first-order chi connectivity index (χ1) is 16.1. The minimum absolute atomic E-state index is 0.0261. The Morgan fingerprint density at radius 3 is 1.75 bits per heavy atom. The zero-order valence-corrected chi connectivity index (χ0v) is 17.8. The zero-order valence-electron chi connectivity index (χ0n) is 17.8. The first-order valence-corrected chi connectivity index (χ1v) is 9.15. The average molecular weight is 554 g/mol. The number of hydrogen-bond acceptors (Lipinski definition) is 4. The van der Waals surface area contributed by atoms with Crippen LogP contribution in [-0.2, 0) is 9.53 Å². The molecule has 0 aliphatic heterocycles. The van der Waals surface area contributed by atoms with E-state index in [1.165, 1.54) is 20.3 Å². The number of alkyl halides is 13. The molecule has 1 aromatic carbocycles. The highest BCUT2D eigenvalue weighted by Crippen LogP contribution is 2.58. The Kier molecular flexibility index (Phi) is 8.86. The minimum Gasteiger partial charge on any atom is -0.493 e. The first-order valence-electron chi connectivity index (χ1n) is 9.15. The lowest BCUT2D eigenvalue weighted by molar-refractivity contribution is -0.437. The number of methoxy groups -OCH3 is 2. The fourth-order valence-electron chi connectivity index (χ4n) is 2.41. The Morgan fingerprint density at radius 1 is 0.750 bits per heavy atom. The molecule has 17 heteroatoms. The number of ether oxygens (including phenoxy) is 3. The van der Waals surface area contributed by atoms with Gasteiger partial charge in [0.05, 0.1) is 14.2 Å². The van der Waals surface area contributed by atoms with Gasteiger partial charge in [-0.3, -0.25) is 0 Å². The summed E-state index contributed by atoms with van der Waals surface area (Å²) in [4.78, 5) is 11.5. The second-order valence-corrected chi connectivity index (χ2v) is 6.93. The number of benzene rings is 1. The third-order valence-electron chi connectivity index (χ3n) is 4.38. The lowest BCUT2D eigenvalue weighted by Crippen LogP contribution is -2.68.